The summed E-state index contributed by atoms with van der Waals surface area (Å²) < 4.78 is 0. The minimum atomic E-state index is 0.345. The van der Waals surface area contributed by atoms with E-state index in [4.69, 9.17) is 0 Å². The van der Waals surface area contributed by atoms with Crippen LogP contribution in [-0.4, -0.2) is 6.54 Å². The lowest BCUT2D eigenvalue weighted by molar-refractivity contribution is 0.391. The highest BCUT2D eigenvalue weighted by atomic mass is 14.9. The van der Waals surface area contributed by atoms with Crippen molar-refractivity contribution in [3.8, 4) is 0 Å². The summed E-state index contributed by atoms with van der Waals surface area (Å²) in [6.07, 6.45) is 3.64. The predicted octanol–water partition coefficient (Wildman–Crippen LogP) is 3.96. The average Bonchev–Trinajstić information content (AvgIpc) is 1.98. The summed E-state index contributed by atoms with van der Waals surface area (Å²) in [6, 6.07) is 0. The first-order valence-electron chi connectivity index (χ1n) is 5.77. The van der Waals surface area contributed by atoms with Gasteiger partial charge < -0.3 is 5.32 Å². The van der Waals surface area contributed by atoms with Crippen LogP contribution in [0.4, 0.5) is 0 Å². The van der Waals surface area contributed by atoms with Crippen LogP contribution in [0.2, 0.25) is 0 Å². The minimum Gasteiger partial charge on any atom is -0.389 e. The molecule has 1 unspecified atom stereocenters. The van der Waals surface area contributed by atoms with E-state index < -0.39 is 0 Å². The highest BCUT2D eigenvalue weighted by molar-refractivity contribution is 4.94. The van der Waals surface area contributed by atoms with Crippen molar-refractivity contribution >= 4 is 0 Å². The first-order chi connectivity index (χ1) is 6.35. The van der Waals surface area contributed by atoms with E-state index in [1.807, 2.05) is 0 Å². The van der Waals surface area contributed by atoms with Crippen LogP contribution in [0, 0.1) is 11.3 Å². The summed E-state index contributed by atoms with van der Waals surface area (Å²) in [5.74, 6) is 0.761. The molecule has 1 atom stereocenters. The molecule has 1 nitrogen and oxygen atoms in total. The normalized spacial score (nSPS) is 13.8. The van der Waals surface area contributed by atoms with Crippen LogP contribution in [0.5, 0.6) is 0 Å². The topological polar surface area (TPSA) is 12.0 Å². The van der Waals surface area contributed by atoms with Crippen molar-refractivity contribution < 1.29 is 0 Å². The summed E-state index contributed by atoms with van der Waals surface area (Å²) >= 11 is 0. The van der Waals surface area contributed by atoms with Crippen molar-refractivity contribution in [2.24, 2.45) is 11.3 Å². The SMILES string of the molecule is C=C(CC(C)(C)C)NCC(C)CCC. The maximum absolute atomic E-state index is 4.06. The van der Waals surface area contributed by atoms with E-state index in [9.17, 15) is 0 Å². The first kappa shape index (κ1) is 13.5. The number of nitrogens with one attached hydrogen (secondary N) is 1. The minimum absolute atomic E-state index is 0.345. The van der Waals surface area contributed by atoms with E-state index in [1.54, 1.807) is 0 Å². The Labute approximate surface area is 90.0 Å². The van der Waals surface area contributed by atoms with Gasteiger partial charge in [-0.15, -0.1) is 0 Å². The van der Waals surface area contributed by atoms with Crippen LogP contribution in [-0.2, 0) is 0 Å². The fourth-order valence-electron chi connectivity index (χ4n) is 1.62. The van der Waals surface area contributed by atoms with Gasteiger partial charge in [0.15, 0.2) is 0 Å². The third-order valence-corrected chi connectivity index (χ3v) is 2.23. The van der Waals surface area contributed by atoms with Gasteiger partial charge in [0, 0.05) is 12.2 Å². The average molecular weight is 197 g/mol. The van der Waals surface area contributed by atoms with Crippen LogP contribution < -0.4 is 5.32 Å². The van der Waals surface area contributed by atoms with Gasteiger partial charge in [-0.2, -0.15) is 0 Å². The van der Waals surface area contributed by atoms with Crippen LogP contribution in [0.1, 0.15) is 53.9 Å². The van der Waals surface area contributed by atoms with E-state index >= 15 is 0 Å². The van der Waals surface area contributed by atoms with E-state index in [2.05, 4.69) is 46.5 Å². The Morgan fingerprint density at radius 2 is 1.93 bits per heavy atom. The summed E-state index contributed by atoms with van der Waals surface area (Å²) in [4.78, 5) is 0. The third kappa shape index (κ3) is 8.15. The lowest BCUT2D eigenvalue weighted by atomic mass is 9.91. The second-order valence-corrected chi connectivity index (χ2v) is 5.62. The zero-order valence-electron chi connectivity index (χ0n) is 10.6. The van der Waals surface area contributed by atoms with Gasteiger partial charge in [0.1, 0.15) is 0 Å². The molecule has 0 aliphatic rings. The Balaban J connectivity index is 3.64. The molecule has 0 spiro atoms. The maximum atomic E-state index is 4.06. The molecular formula is C13H27N. The Kier molecular flexibility index (Phi) is 5.90. The van der Waals surface area contributed by atoms with Crippen molar-refractivity contribution in [3.05, 3.63) is 12.3 Å². The van der Waals surface area contributed by atoms with Crippen LogP contribution in [0.15, 0.2) is 12.3 Å². The smallest absolute Gasteiger partial charge is 0.0169 e. The van der Waals surface area contributed by atoms with Gasteiger partial charge in [0.25, 0.3) is 0 Å². The predicted molar refractivity (Wildman–Crippen MR) is 65.3 cm³/mol. The summed E-state index contributed by atoms with van der Waals surface area (Å²) in [6.45, 7) is 16.4. The van der Waals surface area contributed by atoms with Crippen LogP contribution in [0.3, 0.4) is 0 Å². The van der Waals surface area contributed by atoms with Gasteiger partial charge in [0.2, 0.25) is 0 Å². The van der Waals surface area contributed by atoms with Crippen molar-refractivity contribution in [2.45, 2.75) is 53.9 Å². The lowest BCUT2D eigenvalue weighted by Gasteiger charge is -2.22. The number of rotatable bonds is 6. The molecule has 0 saturated heterocycles. The van der Waals surface area contributed by atoms with Crippen molar-refractivity contribution in [2.75, 3.05) is 6.54 Å². The second kappa shape index (κ2) is 6.10. The molecule has 0 rings (SSSR count). The summed E-state index contributed by atoms with van der Waals surface area (Å²) in [7, 11) is 0. The van der Waals surface area contributed by atoms with Gasteiger partial charge in [-0.05, 0) is 24.2 Å². The molecule has 14 heavy (non-hydrogen) atoms. The summed E-state index contributed by atoms with van der Waals surface area (Å²) in [5, 5.41) is 3.43. The molecule has 0 fully saturated rings. The molecule has 0 aromatic rings. The molecule has 0 amide bonds. The number of hydrogen-bond donors (Lipinski definition) is 1. The van der Waals surface area contributed by atoms with Crippen molar-refractivity contribution in [1.82, 2.24) is 5.32 Å². The van der Waals surface area contributed by atoms with Gasteiger partial charge in [0.05, 0.1) is 0 Å². The van der Waals surface area contributed by atoms with E-state index in [1.165, 1.54) is 18.5 Å². The van der Waals surface area contributed by atoms with Crippen molar-refractivity contribution in [3.63, 3.8) is 0 Å². The molecule has 0 aliphatic heterocycles. The van der Waals surface area contributed by atoms with Gasteiger partial charge in [-0.3, -0.25) is 0 Å². The Hall–Kier alpha value is -0.460. The fraction of sp³-hybridized carbons (Fsp3) is 0.846. The van der Waals surface area contributed by atoms with E-state index in [0.717, 1.165) is 18.9 Å². The fourth-order valence-corrected chi connectivity index (χ4v) is 1.62. The van der Waals surface area contributed by atoms with Crippen LogP contribution >= 0.6 is 0 Å². The zero-order valence-corrected chi connectivity index (χ0v) is 10.6. The first-order valence-corrected chi connectivity index (χ1v) is 5.77. The molecule has 84 valence electrons. The number of allylic oxidation sites excluding steroid dienone is 1. The molecule has 0 aromatic carbocycles. The molecule has 0 saturated carbocycles. The van der Waals surface area contributed by atoms with Gasteiger partial charge >= 0.3 is 0 Å². The third-order valence-electron chi connectivity index (χ3n) is 2.23. The standard InChI is InChI=1S/C13H27N/c1-7-8-11(2)10-14-12(3)9-13(4,5)6/h11,14H,3,7-10H2,1-2,4-6H3. The Morgan fingerprint density at radius 3 is 2.36 bits per heavy atom. The molecule has 0 heterocycles. The zero-order chi connectivity index (χ0) is 11.2. The molecule has 1 N–H and O–H groups in total. The molecule has 0 radical (unpaired) electrons. The monoisotopic (exact) mass is 197 g/mol. The molecular weight excluding hydrogens is 170 g/mol. The molecule has 1 heteroatoms. The van der Waals surface area contributed by atoms with E-state index in [-0.39, 0.29) is 0 Å². The summed E-state index contributed by atoms with van der Waals surface area (Å²) in [5.41, 5.74) is 1.53. The number of hydrogen-bond acceptors (Lipinski definition) is 1. The Bertz CT molecular complexity index is 165. The van der Waals surface area contributed by atoms with Gasteiger partial charge in [-0.25, -0.2) is 0 Å². The maximum Gasteiger partial charge on any atom is 0.0169 e. The molecule has 0 aromatic heterocycles. The molecule has 0 bridgehead atoms. The van der Waals surface area contributed by atoms with Crippen LogP contribution in [0.25, 0.3) is 0 Å². The largest absolute Gasteiger partial charge is 0.389 e. The highest BCUT2D eigenvalue weighted by Crippen LogP contribution is 2.21. The second-order valence-electron chi connectivity index (χ2n) is 5.62. The van der Waals surface area contributed by atoms with E-state index in [0.29, 0.717) is 5.41 Å². The lowest BCUT2D eigenvalue weighted by Crippen LogP contribution is -2.22. The van der Waals surface area contributed by atoms with Crippen molar-refractivity contribution in [1.29, 1.82) is 0 Å². The Morgan fingerprint density at radius 1 is 1.36 bits per heavy atom. The van der Waals surface area contributed by atoms with Gasteiger partial charge in [-0.1, -0.05) is 47.6 Å². The highest BCUT2D eigenvalue weighted by Gasteiger charge is 2.12. The quantitative estimate of drug-likeness (QED) is 0.679. The molecule has 0 aliphatic carbocycles.